The van der Waals surface area contributed by atoms with Gasteiger partial charge in [0.2, 0.25) is 0 Å². The summed E-state index contributed by atoms with van der Waals surface area (Å²) in [6, 6.07) is 0.525. The third-order valence-corrected chi connectivity index (χ3v) is 2.45. The number of allylic oxidation sites excluding steroid dienone is 1. The highest BCUT2D eigenvalue weighted by Gasteiger charge is 2.05. The van der Waals surface area contributed by atoms with Gasteiger partial charge in [-0.05, 0) is 18.9 Å². The van der Waals surface area contributed by atoms with Crippen molar-refractivity contribution in [3.8, 4) is 0 Å². The number of nitrogens with two attached hydrogens (primary N) is 1. The summed E-state index contributed by atoms with van der Waals surface area (Å²) in [4.78, 5) is 3.75. The molecule has 0 aromatic rings. The molecule has 1 aliphatic carbocycles. The molecule has 0 amide bonds. The zero-order valence-corrected chi connectivity index (χ0v) is 9.14. The Balaban J connectivity index is 0.000000151. The molecule has 0 bridgehead atoms. The van der Waals surface area contributed by atoms with Crippen LogP contribution in [0.15, 0.2) is 29.8 Å². The molecule has 84 valence electrons. The Bertz CT molecular complexity index is 212. The number of aliphatic imine (C=N–C) groups is 1. The van der Waals surface area contributed by atoms with E-state index in [1.54, 1.807) is 24.8 Å². The van der Waals surface area contributed by atoms with Gasteiger partial charge in [-0.2, -0.15) is 0 Å². The molecule has 0 radical (unpaired) electrons. The fourth-order valence-corrected chi connectivity index (χ4v) is 1.61. The molecule has 2 N–H and O–H groups in total. The van der Waals surface area contributed by atoms with Gasteiger partial charge in [-0.15, -0.1) is 0 Å². The van der Waals surface area contributed by atoms with E-state index >= 15 is 0 Å². The van der Waals surface area contributed by atoms with Crippen molar-refractivity contribution in [1.82, 2.24) is 0 Å². The normalized spacial score (nSPS) is 20.9. The Kier molecular flexibility index (Phi) is 6.58. The van der Waals surface area contributed by atoms with Crippen LogP contribution in [0.2, 0.25) is 0 Å². The van der Waals surface area contributed by atoms with Crippen molar-refractivity contribution < 1.29 is 4.74 Å². The van der Waals surface area contributed by atoms with Gasteiger partial charge in [0, 0.05) is 12.3 Å². The van der Waals surface area contributed by atoms with Crippen molar-refractivity contribution >= 4 is 6.21 Å². The van der Waals surface area contributed by atoms with Crippen LogP contribution < -0.4 is 5.73 Å². The van der Waals surface area contributed by atoms with E-state index in [2.05, 4.69) is 4.99 Å². The Labute approximate surface area is 91.7 Å². The molecule has 1 heterocycles. The highest BCUT2D eigenvalue weighted by molar-refractivity contribution is 5.71. The van der Waals surface area contributed by atoms with Crippen LogP contribution in [0.1, 0.15) is 38.5 Å². The van der Waals surface area contributed by atoms with E-state index in [-0.39, 0.29) is 0 Å². The molecule has 1 fully saturated rings. The number of hydrogen-bond donors (Lipinski definition) is 1. The summed E-state index contributed by atoms with van der Waals surface area (Å²) in [5.41, 5.74) is 5.73. The standard InChI is InChI=1S/C7H15N.C5H5NO/c8-7-5-3-1-2-4-6-7;1-2-6-3-5-7-4-1/h7H,1-6,8H2;1-5H. The summed E-state index contributed by atoms with van der Waals surface area (Å²) < 4.78 is 4.71. The smallest absolute Gasteiger partial charge is 0.108 e. The first-order valence-corrected chi connectivity index (χ1v) is 5.64. The van der Waals surface area contributed by atoms with Gasteiger partial charge in [0.1, 0.15) is 6.26 Å². The third-order valence-electron chi connectivity index (χ3n) is 2.45. The topological polar surface area (TPSA) is 47.6 Å². The molecule has 0 saturated heterocycles. The first-order chi connectivity index (χ1) is 7.39. The van der Waals surface area contributed by atoms with Crippen LogP contribution in [0, 0.1) is 0 Å². The first kappa shape index (κ1) is 12.0. The van der Waals surface area contributed by atoms with Crippen LogP contribution in [-0.2, 0) is 4.74 Å². The van der Waals surface area contributed by atoms with Crippen molar-refractivity contribution in [2.45, 2.75) is 44.6 Å². The highest BCUT2D eigenvalue weighted by atomic mass is 16.5. The van der Waals surface area contributed by atoms with Crippen LogP contribution in [-0.4, -0.2) is 12.3 Å². The molecule has 2 rings (SSSR count). The summed E-state index contributed by atoms with van der Waals surface area (Å²) in [5, 5.41) is 0. The minimum Gasteiger partial charge on any atom is -0.471 e. The Morgan fingerprint density at radius 1 is 1.07 bits per heavy atom. The van der Waals surface area contributed by atoms with Crippen LogP contribution in [0.4, 0.5) is 0 Å². The molecule has 1 saturated carbocycles. The van der Waals surface area contributed by atoms with Crippen molar-refractivity contribution in [3.05, 3.63) is 24.8 Å². The van der Waals surface area contributed by atoms with Gasteiger partial charge in [-0.1, -0.05) is 25.7 Å². The SMILES string of the molecule is C1=COC=CN=C1.NC1CCCCCC1. The average Bonchev–Trinajstić information content (AvgIpc) is 2.64. The lowest BCUT2D eigenvalue weighted by Crippen LogP contribution is -2.17. The summed E-state index contributed by atoms with van der Waals surface area (Å²) in [6.07, 6.45) is 16.1. The second-order valence-electron chi connectivity index (χ2n) is 3.80. The highest BCUT2D eigenvalue weighted by Crippen LogP contribution is 2.14. The monoisotopic (exact) mass is 208 g/mol. The predicted molar refractivity (Wildman–Crippen MR) is 63.5 cm³/mol. The second kappa shape index (κ2) is 8.24. The summed E-state index contributed by atoms with van der Waals surface area (Å²) >= 11 is 0. The van der Waals surface area contributed by atoms with Gasteiger partial charge in [0.15, 0.2) is 0 Å². The van der Waals surface area contributed by atoms with Crippen molar-refractivity contribution in [1.29, 1.82) is 0 Å². The van der Waals surface area contributed by atoms with Gasteiger partial charge < -0.3 is 10.5 Å². The van der Waals surface area contributed by atoms with Gasteiger partial charge in [-0.25, -0.2) is 0 Å². The van der Waals surface area contributed by atoms with Crippen molar-refractivity contribution in [3.63, 3.8) is 0 Å². The van der Waals surface area contributed by atoms with Gasteiger partial charge in [0.05, 0.1) is 12.5 Å². The lowest BCUT2D eigenvalue weighted by atomic mass is 10.1. The van der Waals surface area contributed by atoms with Gasteiger partial charge in [-0.3, -0.25) is 4.99 Å². The maximum atomic E-state index is 5.73. The largest absolute Gasteiger partial charge is 0.471 e. The molecule has 15 heavy (non-hydrogen) atoms. The summed E-state index contributed by atoms with van der Waals surface area (Å²) in [6.45, 7) is 0. The number of rotatable bonds is 0. The van der Waals surface area contributed by atoms with Crippen molar-refractivity contribution in [2.75, 3.05) is 0 Å². The molecule has 0 spiro atoms. The predicted octanol–water partition coefficient (Wildman–Crippen LogP) is 2.74. The molecular weight excluding hydrogens is 188 g/mol. The maximum absolute atomic E-state index is 5.73. The minimum atomic E-state index is 0.525. The fraction of sp³-hybridized carbons (Fsp3) is 0.583. The zero-order valence-electron chi connectivity index (χ0n) is 9.14. The molecule has 0 atom stereocenters. The Morgan fingerprint density at radius 2 is 1.80 bits per heavy atom. The van der Waals surface area contributed by atoms with E-state index in [0.717, 1.165) is 0 Å². The van der Waals surface area contributed by atoms with E-state index < -0.39 is 0 Å². The second-order valence-corrected chi connectivity index (χ2v) is 3.80. The molecule has 0 aromatic heterocycles. The molecule has 2 aliphatic rings. The third kappa shape index (κ3) is 6.91. The van der Waals surface area contributed by atoms with Crippen LogP contribution in [0.3, 0.4) is 0 Å². The van der Waals surface area contributed by atoms with Crippen LogP contribution >= 0.6 is 0 Å². The lowest BCUT2D eigenvalue weighted by Gasteiger charge is -2.03. The summed E-state index contributed by atoms with van der Waals surface area (Å²) in [7, 11) is 0. The Morgan fingerprint density at radius 3 is 2.53 bits per heavy atom. The van der Waals surface area contributed by atoms with E-state index in [4.69, 9.17) is 10.5 Å². The fourth-order valence-electron chi connectivity index (χ4n) is 1.61. The molecule has 1 aliphatic heterocycles. The first-order valence-electron chi connectivity index (χ1n) is 5.64. The van der Waals surface area contributed by atoms with E-state index in [1.165, 1.54) is 44.8 Å². The van der Waals surface area contributed by atoms with Crippen LogP contribution in [0.5, 0.6) is 0 Å². The molecular formula is C12H20N2O. The van der Waals surface area contributed by atoms with E-state index in [1.807, 2.05) is 0 Å². The maximum Gasteiger partial charge on any atom is 0.108 e. The Hall–Kier alpha value is -1.09. The molecule has 0 unspecified atom stereocenters. The van der Waals surface area contributed by atoms with Gasteiger partial charge in [0.25, 0.3) is 0 Å². The summed E-state index contributed by atoms with van der Waals surface area (Å²) in [5.74, 6) is 0. The van der Waals surface area contributed by atoms with Gasteiger partial charge >= 0.3 is 0 Å². The van der Waals surface area contributed by atoms with Crippen LogP contribution in [0.25, 0.3) is 0 Å². The minimum absolute atomic E-state index is 0.525. The van der Waals surface area contributed by atoms with Crippen molar-refractivity contribution in [2.24, 2.45) is 10.7 Å². The zero-order chi connectivity index (χ0) is 10.8. The molecule has 3 heteroatoms. The number of hydrogen-bond acceptors (Lipinski definition) is 3. The molecule has 0 aromatic carbocycles. The average molecular weight is 208 g/mol. The lowest BCUT2D eigenvalue weighted by molar-refractivity contribution is 0.403. The number of nitrogens with zero attached hydrogens (tertiary/aromatic N) is 1. The van der Waals surface area contributed by atoms with E-state index in [9.17, 15) is 0 Å². The van der Waals surface area contributed by atoms with E-state index in [0.29, 0.717) is 6.04 Å². The number of ether oxygens (including phenoxy) is 1. The molecule has 3 nitrogen and oxygen atoms in total. The quantitative estimate of drug-likeness (QED) is 0.622.